The van der Waals surface area contributed by atoms with Gasteiger partial charge in [0.05, 0.1) is 20.9 Å². The fourth-order valence-electron chi connectivity index (χ4n) is 2.35. The molecular weight excluding hydrogens is 336 g/mol. The van der Waals surface area contributed by atoms with Gasteiger partial charge in [-0.3, -0.25) is 10.1 Å². The number of nitro benzene ring substituents is 1. The van der Waals surface area contributed by atoms with Crippen molar-refractivity contribution in [1.29, 1.82) is 0 Å². The summed E-state index contributed by atoms with van der Waals surface area (Å²) in [6.07, 6.45) is 0. The maximum Gasteiger partial charge on any atom is 0.340 e. The number of fused-ring (bicyclic) bond motifs is 1. The molecule has 0 aliphatic carbocycles. The summed E-state index contributed by atoms with van der Waals surface area (Å²) in [6, 6.07) is 7.45. The molecule has 0 aliphatic rings. The van der Waals surface area contributed by atoms with Crippen LogP contribution in [0.5, 0.6) is 0 Å². The first kappa shape index (κ1) is 15.7. The largest absolute Gasteiger partial charge is 0.398 e. The smallest absolute Gasteiger partial charge is 0.340 e. The minimum absolute atomic E-state index is 0.123. The van der Waals surface area contributed by atoms with Crippen molar-refractivity contribution in [3.05, 3.63) is 62.6 Å². The van der Waals surface area contributed by atoms with Gasteiger partial charge in [-0.2, -0.15) is 3.97 Å². The van der Waals surface area contributed by atoms with Crippen LogP contribution in [0.4, 0.5) is 11.4 Å². The number of hydrogen-bond acceptors (Lipinski definition) is 6. The normalized spacial score (nSPS) is 11.7. The van der Waals surface area contributed by atoms with E-state index in [1.807, 2.05) is 0 Å². The summed E-state index contributed by atoms with van der Waals surface area (Å²) in [5.74, 6) is 0. The molecule has 0 aliphatic heterocycles. The summed E-state index contributed by atoms with van der Waals surface area (Å²) >= 11 is 0. The van der Waals surface area contributed by atoms with E-state index in [-0.39, 0.29) is 21.6 Å². The molecule has 0 amide bonds. The predicted octanol–water partition coefficient (Wildman–Crippen LogP) is 1.37. The van der Waals surface area contributed by atoms with Gasteiger partial charge < -0.3 is 10.7 Å². The van der Waals surface area contributed by atoms with Crippen molar-refractivity contribution in [2.75, 3.05) is 5.73 Å². The Balaban J connectivity index is 2.32. The summed E-state index contributed by atoms with van der Waals surface area (Å²) in [7, 11) is -4.31. The second-order valence-electron chi connectivity index (χ2n) is 5.18. The lowest BCUT2D eigenvalue weighted by Gasteiger charge is -2.07. The molecule has 0 spiro atoms. The van der Waals surface area contributed by atoms with Crippen molar-refractivity contribution in [1.82, 2.24) is 8.96 Å². The van der Waals surface area contributed by atoms with Crippen molar-refractivity contribution in [3.8, 4) is 0 Å². The maximum atomic E-state index is 12.8. The molecule has 1 aromatic heterocycles. The second kappa shape index (κ2) is 5.20. The summed E-state index contributed by atoms with van der Waals surface area (Å²) in [5.41, 5.74) is 5.90. The van der Waals surface area contributed by atoms with E-state index < -0.39 is 20.6 Å². The number of rotatable bonds is 3. The number of nitrogens with two attached hydrogens (primary N) is 1. The van der Waals surface area contributed by atoms with E-state index in [2.05, 4.69) is 4.98 Å². The Hall–Kier alpha value is -3.14. The Kier molecular flexibility index (Phi) is 3.41. The lowest BCUT2D eigenvalue weighted by Crippen LogP contribution is -2.25. The third-order valence-electron chi connectivity index (χ3n) is 3.60. The number of non-ortho nitro benzene ring substituents is 1. The second-order valence-corrected chi connectivity index (χ2v) is 6.97. The van der Waals surface area contributed by atoms with E-state index in [4.69, 9.17) is 5.73 Å². The van der Waals surface area contributed by atoms with E-state index in [9.17, 15) is 23.3 Å². The molecule has 1 heterocycles. The van der Waals surface area contributed by atoms with Crippen LogP contribution in [0.1, 0.15) is 5.56 Å². The standard InChI is InChI=1S/C14H12N4O5S/c1-8-5-13-12(7-11(8)15)16-14(19)17(13)24(22,23)10-4-2-3-9(6-10)18(20)21/h2-7H,15H2,1H3,(H,16,19). The number of aromatic nitrogens is 2. The van der Waals surface area contributed by atoms with E-state index in [1.54, 1.807) is 6.92 Å². The van der Waals surface area contributed by atoms with Gasteiger partial charge in [-0.15, -0.1) is 0 Å². The topological polar surface area (TPSA) is 141 Å². The van der Waals surface area contributed by atoms with Crippen LogP contribution < -0.4 is 11.4 Å². The number of nitro groups is 1. The van der Waals surface area contributed by atoms with Gasteiger partial charge in [0, 0.05) is 17.8 Å². The number of imidazole rings is 1. The predicted molar refractivity (Wildman–Crippen MR) is 87.4 cm³/mol. The fourth-order valence-corrected chi connectivity index (χ4v) is 3.76. The first-order chi connectivity index (χ1) is 11.2. The van der Waals surface area contributed by atoms with Crippen LogP contribution in [0.2, 0.25) is 0 Å². The van der Waals surface area contributed by atoms with Crippen molar-refractivity contribution < 1.29 is 13.3 Å². The lowest BCUT2D eigenvalue weighted by atomic mass is 10.2. The zero-order valence-corrected chi connectivity index (χ0v) is 13.2. The van der Waals surface area contributed by atoms with Gasteiger partial charge >= 0.3 is 5.69 Å². The molecule has 9 nitrogen and oxygen atoms in total. The summed E-state index contributed by atoms with van der Waals surface area (Å²) in [6.45, 7) is 1.68. The first-order valence-electron chi connectivity index (χ1n) is 6.72. The van der Waals surface area contributed by atoms with Gasteiger partial charge in [0.25, 0.3) is 15.7 Å². The average Bonchev–Trinajstić information content (AvgIpc) is 2.83. The number of H-pyrrole nitrogens is 1. The fraction of sp³-hybridized carbons (Fsp3) is 0.0714. The number of nitrogen functional groups attached to an aromatic ring is 1. The minimum Gasteiger partial charge on any atom is -0.398 e. The van der Waals surface area contributed by atoms with Crippen LogP contribution >= 0.6 is 0 Å². The van der Waals surface area contributed by atoms with E-state index >= 15 is 0 Å². The van der Waals surface area contributed by atoms with Gasteiger partial charge in [0.15, 0.2) is 0 Å². The van der Waals surface area contributed by atoms with E-state index in [1.165, 1.54) is 30.3 Å². The van der Waals surface area contributed by atoms with Gasteiger partial charge in [0.1, 0.15) is 0 Å². The molecule has 10 heteroatoms. The molecule has 0 saturated carbocycles. The highest BCUT2D eigenvalue weighted by Gasteiger charge is 2.24. The SMILES string of the molecule is Cc1cc2c(cc1N)[nH]c(=O)n2S(=O)(=O)c1cccc([N+](=O)[O-])c1. The Morgan fingerprint density at radius 2 is 1.96 bits per heavy atom. The molecule has 3 aromatic rings. The minimum atomic E-state index is -4.31. The lowest BCUT2D eigenvalue weighted by molar-refractivity contribution is -0.385. The number of benzene rings is 2. The van der Waals surface area contributed by atoms with Gasteiger partial charge in [-0.05, 0) is 30.7 Å². The molecule has 3 rings (SSSR count). The third kappa shape index (κ3) is 2.33. The summed E-state index contributed by atoms with van der Waals surface area (Å²) < 4.78 is 26.2. The van der Waals surface area contributed by atoms with Gasteiger partial charge in [-0.25, -0.2) is 13.2 Å². The van der Waals surface area contributed by atoms with Gasteiger partial charge in [-0.1, -0.05) is 6.07 Å². The molecule has 0 saturated heterocycles. The van der Waals surface area contributed by atoms with Crippen molar-refractivity contribution >= 4 is 32.4 Å². The highest BCUT2D eigenvalue weighted by atomic mass is 32.2. The molecule has 0 fully saturated rings. The van der Waals surface area contributed by atoms with Crippen molar-refractivity contribution in [2.45, 2.75) is 11.8 Å². The van der Waals surface area contributed by atoms with Crippen LogP contribution in [-0.2, 0) is 10.0 Å². The van der Waals surface area contributed by atoms with Crippen molar-refractivity contribution in [2.24, 2.45) is 0 Å². The number of nitrogens with one attached hydrogen (secondary N) is 1. The number of aromatic amines is 1. The molecule has 3 N–H and O–H groups in total. The zero-order valence-electron chi connectivity index (χ0n) is 12.4. The highest BCUT2D eigenvalue weighted by Crippen LogP contribution is 2.24. The monoisotopic (exact) mass is 348 g/mol. The average molecular weight is 348 g/mol. The molecule has 0 atom stereocenters. The Bertz CT molecular complexity index is 1140. The molecule has 24 heavy (non-hydrogen) atoms. The number of aryl methyl sites for hydroxylation is 1. The summed E-state index contributed by atoms with van der Waals surface area (Å²) in [5, 5.41) is 10.9. The number of nitrogens with zero attached hydrogens (tertiary/aromatic N) is 2. The van der Waals surface area contributed by atoms with Crippen molar-refractivity contribution in [3.63, 3.8) is 0 Å². The van der Waals surface area contributed by atoms with Crippen LogP contribution in [0, 0.1) is 17.0 Å². The Labute approximate surface area is 135 Å². The molecule has 2 aromatic carbocycles. The molecule has 0 radical (unpaired) electrons. The zero-order chi connectivity index (χ0) is 17.6. The van der Waals surface area contributed by atoms with Crippen LogP contribution in [0.25, 0.3) is 11.0 Å². The van der Waals surface area contributed by atoms with Crippen LogP contribution in [0.3, 0.4) is 0 Å². The number of anilines is 1. The Morgan fingerprint density at radius 1 is 1.25 bits per heavy atom. The highest BCUT2D eigenvalue weighted by molar-refractivity contribution is 7.90. The van der Waals surface area contributed by atoms with Gasteiger partial charge in [0.2, 0.25) is 0 Å². The van der Waals surface area contributed by atoms with E-state index in [0.29, 0.717) is 15.2 Å². The van der Waals surface area contributed by atoms with Crippen LogP contribution in [0.15, 0.2) is 46.1 Å². The number of hydrogen-bond donors (Lipinski definition) is 2. The summed E-state index contributed by atoms with van der Waals surface area (Å²) in [4.78, 5) is 24.4. The molecule has 124 valence electrons. The third-order valence-corrected chi connectivity index (χ3v) is 5.29. The van der Waals surface area contributed by atoms with Crippen LogP contribution in [-0.4, -0.2) is 22.3 Å². The Morgan fingerprint density at radius 3 is 2.62 bits per heavy atom. The molecule has 0 bridgehead atoms. The quantitative estimate of drug-likeness (QED) is 0.416. The maximum absolute atomic E-state index is 12.8. The van der Waals surface area contributed by atoms with E-state index in [0.717, 1.165) is 6.07 Å². The first-order valence-corrected chi connectivity index (χ1v) is 8.16. The molecule has 0 unspecified atom stereocenters. The molecular formula is C14H12N4O5S.